The van der Waals surface area contributed by atoms with Crippen LogP contribution in [0.15, 0.2) is 6.07 Å². The monoisotopic (exact) mass is 333 g/mol. The number of H-pyrrole nitrogens is 1. The molecule has 1 aliphatic rings. The first-order valence-corrected chi connectivity index (χ1v) is 8.73. The average molecular weight is 333 g/mol. The Morgan fingerprint density at radius 3 is 2.88 bits per heavy atom. The maximum Gasteiger partial charge on any atom is 0.179 e. The number of methoxy groups -OCH3 is 1. The molecule has 3 heterocycles. The van der Waals surface area contributed by atoms with Crippen LogP contribution in [-0.4, -0.2) is 45.3 Å². The van der Waals surface area contributed by atoms with Gasteiger partial charge in [-0.2, -0.15) is 10.2 Å². The summed E-state index contributed by atoms with van der Waals surface area (Å²) in [7, 11) is 1.66. The number of hydrogen-bond donors (Lipinski definition) is 1. The van der Waals surface area contributed by atoms with Crippen LogP contribution in [0.3, 0.4) is 0 Å². The zero-order valence-electron chi connectivity index (χ0n) is 14.8. The predicted octanol–water partition coefficient (Wildman–Crippen LogP) is 2.75. The number of ether oxygens (including phenoxy) is 2. The number of aromatic nitrogens is 5. The molecule has 0 aliphatic carbocycles. The van der Waals surface area contributed by atoms with Crippen molar-refractivity contribution in [3.8, 4) is 11.5 Å². The number of aryl methyl sites for hydroxylation is 1. The molecule has 0 saturated carbocycles. The lowest BCUT2D eigenvalue weighted by Crippen LogP contribution is -2.14. The van der Waals surface area contributed by atoms with Gasteiger partial charge in [0.2, 0.25) is 0 Å². The molecule has 0 bridgehead atoms. The first kappa shape index (κ1) is 17.1. The first-order chi connectivity index (χ1) is 11.7. The van der Waals surface area contributed by atoms with E-state index in [2.05, 4.69) is 40.2 Å². The van der Waals surface area contributed by atoms with Gasteiger partial charge in [0.05, 0.1) is 0 Å². The summed E-state index contributed by atoms with van der Waals surface area (Å²) in [5.41, 5.74) is 2.02. The van der Waals surface area contributed by atoms with Gasteiger partial charge in [-0.05, 0) is 31.2 Å². The molecule has 0 spiro atoms. The zero-order chi connectivity index (χ0) is 16.9. The third-order valence-electron chi connectivity index (χ3n) is 4.40. The topological polar surface area (TPSA) is 77.9 Å². The third kappa shape index (κ3) is 4.02. The van der Waals surface area contributed by atoms with Gasteiger partial charge in [-0.15, -0.1) is 0 Å². The Kier molecular flexibility index (Phi) is 5.63. The number of nitrogens with one attached hydrogen (secondary N) is 1. The molecule has 1 fully saturated rings. The summed E-state index contributed by atoms with van der Waals surface area (Å²) in [6.07, 6.45) is 3.13. The summed E-state index contributed by atoms with van der Waals surface area (Å²) in [6.45, 7) is 7.32. The van der Waals surface area contributed by atoms with E-state index in [0.29, 0.717) is 24.3 Å². The fraction of sp³-hybridized carbons (Fsp3) is 0.706. The van der Waals surface area contributed by atoms with Crippen LogP contribution in [0.4, 0.5) is 0 Å². The van der Waals surface area contributed by atoms with Crippen LogP contribution in [-0.2, 0) is 22.6 Å². The van der Waals surface area contributed by atoms with Gasteiger partial charge < -0.3 is 9.47 Å². The molecule has 7 heteroatoms. The van der Waals surface area contributed by atoms with Gasteiger partial charge in [-0.3, -0.25) is 5.10 Å². The van der Waals surface area contributed by atoms with Crippen molar-refractivity contribution < 1.29 is 9.47 Å². The second-order valence-electron chi connectivity index (χ2n) is 6.79. The average Bonchev–Trinajstić information content (AvgIpc) is 3.21. The minimum Gasteiger partial charge on any atom is -0.381 e. The predicted molar refractivity (Wildman–Crippen MR) is 90.6 cm³/mol. The molecule has 132 valence electrons. The maximum atomic E-state index is 5.44. The smallest absolute Gasteiger partial charge is 0.179 e. The van der Waals surface area contributed by atoms with E-state index in [0.717, 1.165) is 50.5 Å². The largest absolute Gasteiger partial charge is 0.381 e. The Bertz CT molecular complexity index is 643. The van der Waals surface area contributed by atoms with Gasteiger partial charge in [0.25, 0.3) is 0 Å². The van der Waals surface area contributed by atoms with E-state index in [1.165, 1.54) is 5.69 Å². The molecule has 1 N–H and O–H groups in total. The Hall–Kier alpha value is -1.73. The highest BCUT2D eigenvalue weighted by Gasteiger charge is 2.21. The molecule has 0 unspecified atom stereocenters. The molecule has 0 radical (unpaired) electrons. The van der Waals surface area contributed by atoms with E-state index in [1.54, 1.807) is 7.11 Å². The zero-order valence-corrected chi connectivity index (χ0v) is 14.8. The van der Waals surface area contributed by atoms with Crippen molar-refractivity contribution in [1.29, 1.82) is 0 Å². The van der Waals surface area contributed by atoms with E-state index in [4.69, 9.17) is 9.47 Å². The maximum absolute atomic E-state index is 5.44. The Balaban J connectivity index is 1.82. The van der Waals surface area contributed by atoms with Crippen molar-refractivity contribution in [3.63, 3.8) is 0 Å². The fourth-order valence-electron chi connectivity index (χ4n) is 2.97. The molecule has 0 amide bonds. The highest BCUT2D eigenvalue weighted by atomic mass is 16.5. The van der Waals surface area contributed by atoms with Crippen LogP contribution in [0, 0.1) is 5.92 Å². The van der Waals surface area contributed by atoms with Crippen molar-refractivity contribution in [2.75, 3.05) is 20.3 Å². The molecule has 3 rings (SSSR count). The normalized spacial score (nSPS) is 16.2. The van der Waals surface area contributed by atoms with Crippen molar-refractivity contribution in [3.05, 3.63) is 17.6 Å². The van der Waals surface area contributed by atoms with E-state index in [1.807, 2.05) is 4.68 Å². The van der Waals surface area contributed by atoms with Gasteiger partial charge in [0, 0.05) is 38.5 Å². The molecule has 1 aliphatic heterocycles. The number of aromatic amines is 1. The SMILES string of the molecule is COCc1nc(-c2cc(C3CCOCC3)[nH]n2)n(CCC(C)C)n1. The minimum atomic E-state index is 0.416. The highest BCUT2D eigenvalue weighted by Crippen LogP contribution is 2.28. The van der Waals surface area contributed by atoms with Crippen molar-refractivity contribution in [1.82, 2.24) is 25.0 Å². The molecule has 2 aromatic rings. The van der Waals surface area contributed by atoms with Crippen LogP contribution >= 0.6 is 0 Å². The van der Waals surface area contributed by atoms with Crippen molar-refractivity contribution in [2.24, 2.45) is 5.92 Å². The Morgan fingerprint density at radius 2 is 2.17 bits per heavy atom. The standard InChI is InChI=1S/C17H27N5O2/c1-12(2)4-7-22-17(18-16(21-22)11-23-3)15-10-14(19-20-15)13-5-8-24-9-6-13/h10,12-13H,4-9,11H2,1-3H3,(H,19,20). The summed E-state index contributed by atoms with van der Waals surface area (Å²) in [4.78, 5) is 4.63. The van der Waals surface area contributed by atoms with E-state index in [9.17, 15) is 0 Å². The van der Waals surface area contributed by atoms with Gasteiger partial charge in [-0.1, -0.05) is 13.8 Å². The first-order valence-electron chi connectivity index (χ1n) is 8.73. The molecule has 24 heavy (non-hydrogen) atoms. The number of nitrogens with zero attached hydrogens (tertiary/aromatic N) is 4. The highest BCUT2D eigenvalue weighted by molar-refractivity contribution is 5.50. The summed E-state index contributed by atoms with van der Waals surface area (Å²) in [6, 6.07) is 2.11. The van der Waals surface area contributed by atoms with Gasteiger partial charge in [-0.25, -0.2) is 9.67 Å². The third-order valence-corrected chi connectivity index (χ3v) is 4.40. The van der Waals surface area contributed by atoms with Crippen LogP contribution < -0.4 is 0 Å². The minimum absolute atomic E-state index is 0.416. The molecule has 0 atom stereocenters. The summed E-state index contributed by atoms with van der Waals surface area (Å²) >= 11 is 0. The molecule has 7 nitrogen and oxygen atoms in total. The lowest BCUT2D eigenvalue weighted by Gasteiger charge is -2.20. The van der Waals surface area contributed by atoms with Crippen molar-refractivity contribution in [2.45, 2.75) is 52.2 Å². The van der Waals surface area contributed by atoms with E-state index in [-0.39, 0.29) is 0 Å². The van der Waals surface area contributed by atoms with Gasteiger partial charge in [0.1, 0.15) is 12.3 Å². The van der Waals surface area contributed by atoms with Crippen LogP contribution in [0.1, 0.15) is 50.5 Å². The molecular formula is C17H27N5O2. The molecule has 0 aromatic carbocycles. The quantitative estimate of drug-likeness (QED) is 0.843. The van der Waals surface area contributed by atoms with E-state index < -0.39 is 0 Å². The van der Waals surface area contributed by atoms with Crippen molar-refractivity contribution >= 4 is 0 Å². The second kappa shape index (κ2) is 7.90. The van der Waals surface area contributed by atoms with Crippen LogP contribution in [0.5, 0.6) is 0 Å². The fourth-order valence-corrected chi connectivity index (χ4v) is 2.97. The lowest BCUT2D eigenvalue weighted by molar-refractivity contribution is 0.0845. The number of hydrogen-bond acceptors (Lipinski definition) is 5. The molecule has 1 saturated heterocycles. The van der Waals surface area contributed by atoms with E-state index >= 15 is 0 Å². The lowest BCUT2D eigenvalue weighted by atomic mass is 9.96. The Morgan fingerprint density at radius 1 is 1.38 bits per heavy atom. The molecule has 2 aromatic heterocycles. The van der Waals surface area contributed by atoms with Gasteiger partial charge in [0.15, 0.2) is 11.6 Å². The Labute approximate surface area is 142 Å². The summed E-state index contributed by atoms with van der Waals surface area (Å²) in [5, 5.41) is 12.3. The second-order valence-corrected chi connectivity index (χ2v) is 6.79. The van der Waals surface area contributed by atoms with Crippen LogP contribution in [0.2, 0.25) is 0 Å². The summed E-state index contributed by atoms with van der Waals surface area (Å²) < 4.78 is 12.6. The van der Waals surface area contributed by atoms with Crippen LogP contribution in [0.25, 0.3) is 11.5 Å². The summed E-state index contributed by atoms with van der Waals surface area (Å²) in [5.74, 6) is 2.62. The molecular weight excluding hydrogens is 306 g/mol. The number of rotatable bonds is 7. The van der Waals surface area contributed by atoms with Gasteiger partial charge >= 0.3 is 0 Å².